The molecule has 1 N–H and O–H groups in total. The molecule has 67 valence electrons. The summed E-state index contributed by atoms with van der Waals surface area (Å²) in [5, 5.41) is 0. The van der Waals surface area contributed by atoms with E-state index in [1.165, 1.54) is 0 Å². The number of hydrogen-bond acceptors (Lipinski definition) is 2. The second-order valence-corrected chi connectivity index (χ2v) is 1.97. The van der Waals surface area contributed by atoms with Crippen LogP contribution in [0, 0.1) is 6.20 Å². The molecule has 1 aromatic rings. The van der Waals surface area contributed by atoms with Crippen molar-refractivity contribution in [1.82, 2.24) is 9.55 Å². The van der Waals surface area contributed by atoms with E-state index in [9.17, 15) is 18.0 Å². The largest absolute Gasteiger partial charge is 0.574 e. The molecule has 12 heavy (non-hydrogen) atoms. The molecular formula is C5H4F3N2O2. The van der Waals surface area contributed by atoms with Gasteiger partial charge in [0, 0.05) is 7.05 Å². The molecule has 0 saturated carbocycles. The Morgan fingerprint density at radius 2 is 2.17 bits per heavy atom. The number of aromatic amines is 1. The Hall–Kier alpha value is -1.40. The minimum atomic E-state index is -4.80. The molecule has 0 aromatic carbocycles. The van der Waals surface area contributed by atoms with E-state index in [2.05, 4.69) is 4.74 Å². The van der Waals surface area contributed by atoms with E-state index < -0.39 is 17.9 Å². The molecule has 0 atom stereocenters. The van der Waals surface area contributed by atoms with Crippen LogP contribution in [-0.2, 0) is 7.05 Å². The van der Waals surface area contributed by atoms with Crippen LogP contribution in [0.4, 0.5) is 13.2 Å². The van der Waals surface area contributed by atoms with Gasteiger partial charge in [0.2, 0.25) is 5.88 Å². The van der Waals surface area contributed by atoms with Gasteiger partial charge in [0.1, 0.15) is 6.20 Å². The third-order valence-corrected chi connectivity index (χ3v) is 1.10. The van der Waals surface area contributed by atoms with Crippen LogP contribution in [-0.4, -0.2) is 15.9 Å². The molecule has 0 spiro atoms. The summed E-state index contributed by atoms with van der Waals surface area (Å²) < 4.78 is 38.8. The lowest BCUT2D eigenvalue weighted by atomic mass is 10.8. The Kier molecular flexibility index (Phi) is 1.87. The number of alkyl halides is 3. The molecule has 0 saturated heterocycles. The molecule has 1 heterocycles. The molecule has 0 fully saturated rings. The molecule has 0 aliphatic heterocycles. The van der Waals surface area contributed by atoms with E-state index in [1.54, 1.807) is 0 Å². The van der Waals surface area contributed by atoms with Crippen LogP contribution < -0.4 is 10.4 Å². The summed E-state index contributed by atoms with van der Waals surface area (Å²) in [6, 6.07) is 0. The average molecular weight is 181 g/mol. The third-order valence-electron chi connectivity index (χ3n) is 1.10. The standard InChI is InChI=1S/C5H4F3N2O2/c1-10-3(2-9-4(10)11)12-5(6,7)8/h1H3,(H,9,11). The molecule has 1 rings (SSSR count). The van der Waals surface area contributed by atoms with E-state index in [0.717, 1.165) is 7.05 Å². The fourth-order valence-corrected chi connectivity index (χ4v) is 0.570. The van der Waals surface area contributed by atoms with Crippen LogP contribution in [0.2, 0.25) is 0 Å². The quantitative estimate of drug-likeness (QED) is 0.682. The number of nitrogens with one attached hydrogen (secondary N) is 1. The lowest BCUT2D eigenvalue weighted by Crippen LogP contribution is -2.21. The van der Waals surface area contributed by atoms with Crippen molar-refractivity contribution in [2.75, 3.05) is 0 Å². The van der Waals surface area contributed by atoms with Crippen molar-refractivity contribution in [3.05, 3.63) is 16.7 Å². The summed E-state index contributed by atoms with van der Waals surface area (Å²) >= 11 is 0. The first kappa shape index (κ1) is 8.69. The summed E-state index contributed by atoms with van der Waals surface area (Å²) in [6.45, 7) is 0. The highest BCUT2D eigenvalue weighted by molar-refractivity contribution is 5.03. The molecular weight excluding hydrogens is 177 g/mol. The molecule has 0 bridgehead atoms. The molecule has 4 nitrogen and oxygen atoms in total. The SMILES string of the molecule is Cn1c(OC(F)(F)F)[c][nH]c1=O. The van der Waals surface area contributed by atoms with Gasteiger partial charge in [0.25, 0.3) is 0 Å². The van der Waals surface area contributed by atoms with Gasteiger partial charge in [0.05, 0.1) is 0 Å². The Morgan fingerprint density at radius 1 is 1.58 bits per heavy atom. The predicted octanol–water partition coefficient (Wildman–Crippen LogP) is 0.412. The topological polar surface area (TPSA) is 47.0 Å². The van der Waals surface area contributed by atoms with Crippen molar-refractivity contribution in [3.8, 4) is 5.88 Å². The molecule has 0 amide bonds. The zero-order valence-corrected chi connectivity index (χ0v) is 5.90. The fourth-order valence-electron chi connectivity index (χ4n) is 0.570. The lowest BCUT2D eigenvalue weighted by Gasteiger charge is -2.06. The van der Waals surface area contributed by atoms with Gasteiger partial charge >= 0.3 is 12.1 Å². The zero-order chi connectivity index (χ0) is 9.35. The summed E-state index contributed by atoms with van der Waals surface area (Å²) in [7, 11) is 1.14. The highest BCUT2D eigenvalue weighted by atomic mass is 19.4. The Labute approximate surface area is 64.6 Å². The Morgan fingerprint density at radius 3 is 2.50 bits per heavy atom. The second-order valence-electron chi connectivity index (χ2n) is 1.97. The number of halogens is 3. The van der Waals surface area contributed by atoms with Crippen LogP contribution in [0.5, 0.6) is 5.88 Å². The minimum Gasteiger partial charge on any atom is -0.387 e. The van der Waals surface area contributed by atoms with Crippen LogP contribution >= 0.6 is 0 Å². The Balaban J connectivity index is 2.91. The number of aromatic nitrogens is 2. The first-order chi connectivity index (χ1) is 5.40. The predicted molar refractivity (Wildman–Crippen MR) is 31.6 cm³/mol. The Bertz CT molecular complexity index is 324. The maximum Gasteiger partial charge on any atom is 0.574 e. The fraction of sp³-hybridized carbons (Fsp3) is 0.400. The first-order valence-electron chi connectivity index (χ1n) is 2.82. The van der Waals surface area contributed by atoms with Crippen LogP contribution in [0.15, 0.2) is 4.79 Å². The van der Waals surface area contributed by atoms with E-state index >= 15 is 0 Å². The number of H-pyrrole nitrogens is 1. The van der Waals surface area contributed by atoms with Crippen molar-refractivity contribution < 1.29 is 17.9 Å². The summed E-state index contributed by atoms with van der Waals surface area (Å²) in [4.78, 5) is 12.5. The van der Waals surface area contributed by atoms with E-state index in [0.29, 0.717) is 4.57 Å². The van der Waals surface area contributed by atoms with Crippen molar-refractivity contribution >= 4 is 0 Å². The van der Waals surface area contributed by atoms with Gasteiger partial charge < -0.3 is 9.72 Å². The maximum absolute atomic E-state index is 11.6. The first-order valence-corrected chi connectivity index (χ1v) is 2.82. The highest BCUT2D eigenvalue weighted by Crippen LogP contribution is 2.19. The van der Waals surface area contributed by atoms with Gasteiger partial charge in [-0.2, -0.15) is 0 Å². The normalized spacial score (nSPS) is 11.7. The number of rotatable bonds is 1. The third kappa shape index (κ3) is 1.80. The monoisotopic (exact) mass is 181 g/mol. The van der Waals surface area contributed by atoms with Gasteiger partial charge in [-0.1, -0.05) is 0 Å². The van der Waals surface area contributed by atoms with Crippen LogP contribution in [0.1, 0.15) is 0 Å². The van der Waals surface area contributed by atoms with Crippen LogP contribution in [0.25, 0.3) is 0 Å². The molecule has 0 unspecified atom stereocenters. The van der Waals surface area contributed by atoms with Gasteiger partial charge in [-0.15, -0.1) is 13.2 Å². The average Bonchev–Trinajstić information content (AvgIpc) is 2.16. The smallest absolute Gasteiger partial charge is 0.387 e. The molecule has 1 radical (unpaired) electrons. The summed E-state index contributed by atoms with van der Waals surface area (Å²) in [6.07, 6.45) is -2.89. The number of nitrogens with zero attached hydrogens (tertiary/aromatic N) is 1. The van der Waals surface area contributed by atoms with Gasteiger partial charge in [-0.05, 0) is 0 Å². The number of hydrogen-bond donors (Lipinski definition) is 1. The van der Waals surface area contributed by atoms with E-state index in [-0.39, 0.29) is 0 Å². The number of ether oxygens (including phenoxy) is 1. The lowest BCUT2D eigenvalue weighted by molar-refractivity contribution is -0.277. The van der Waals surface area contributed by atoms with Crippen molar-refractivity contribution in [2.24, 2.45) is 7.05 Å². The van der Waals surface area contributed by atoms with Crippen molar-refractivity contribution in [2.45, 2.75) is 6.36 Å². The maximum atomic E-state index is 11.6. The van der Waals surface area contributed by atoms with E-state index in [1.807, 2.05) is 11.2 Å². The van der Waals surface area contributed by atoms with Crippen molar-refractivity contribution in [3.63, 3.8) is 0 Å². The van der Waals surface area contributed by atoms with Gasteiger partial charge in [-0.25, -0.2) is 4.79 Å². The molecule has 1 aromatic heterocycles. The van der Waals surface area contributed by atoms with Gasteiger partial charge in [0.15, 0.2) is 0 Å². The summed E-state index contributed by atoms with van der Waals surface area (Å²) in [5.41, 5.74) is -0.714. The molecule has 0 aliphatic carbocycles. The number of imidazole rings is 1. The highest BCUT2D eigenvalue weighted by Gasteiger charge is 2.32. The zero-order valence-electron chi connectivity index (χ0n) is 5.90. The van der Waals surface area contributed by atoms with E-state index in [4.69, 9.17) is 0 Å². The van der Waals surface area contributed by atoms with Gasteiger partial charge in [-0.3, -0.25) is 4.57 Å². The minimum absolute atomic E-state index is 0.660. The van der Waals surface area contributed by atoms with Crippen molar-refractivity contribution in [1.29, 1.82) is 0 Å². The summed E-state index contributed by atoms with van der Waals surface area (Å²) in [5.74, 6) is -0.687. The van der Waals surface area contributed by atoms with Crippen LogP contribution in [0.3, 0.4) is 0 Å². The molecule has 7 heteroatoms. The second kappa shape index (κ2) is 2.58. The molecule has 0 aliphatic rings.